The van der Waals surface area contributed by atoms with E-state index in [1.165, 1.54) is 6.33 Å². The quantitative estimate of drug-likeness (QED) is 0.732. The number of carbonyl (C=O) groups is 1. The number of rotatable bonds is 4. The smallest absolute Gasteiger partial charge is 0.315 e. The maximum Gasteiger partial charge on any atom is 0.315 e. The van der Waals surface area contributed by atoms with E-state index in [0.29, 0.717) is 19.8 Å². The Morgan fingerprint density at radius 1 is 1.53 bits per heavy atom. The minimum atomic E-state index is -0.149. The summed E-state index contributed by atoms with van der Waals surface area (Å²) in [5.74, 6) is 0.730. The molecule has 1 aliphatic heterocycles. The number of hydrogen-bond acceptors (Lipinski definition) is 5. The molecule has 0 saturated carbocycles. The number of ether oxygens (including phenoxy) is 1. The van der Waals surface area contributed by atoms with Gasteiger partial charge in [0.2, 0.25) is 0 Å². The van der Waals surface area contributed by atoms with Gasteiger partial charge in [-0.05, 0) is 19.4 Å². The molecule has 1 aliphatic rings. The van der Waals surface area contributed by atoms with Gasteiger partial charge in [-0.3, -0.25) is 0 Å². The zero-order chi connectivity index (χ0) is 13.5. The summed E-state index contributed by atoms with van der Waals surface area (Å²) in [6, 6.07) is 1.67. The molecule has 0 bridgehead atoms. The Bertz CT molecular complexity index is 400. The average molecular weight is 265 g/mol. The summed E-state index contributed by atoms with van der Waals surface area (Å²) in [7, 11) is 0. The van der Waals surface area contributed by atoms with Crippen LogP contribution in [-0.2, 0) is 4.74 Å². The third-order valence-electron chi connectivity index (χ3n) is 2.93. The van der Waals surface area contributed by atoms with Gasteiger partial charge >= 0.3 is 6.03 Å². The number of nitrogens with one attached hydrogen (secondary N) is 3. The van der Waals surface area contributed by atoms with Crippen LogP contribution in [0.3, 0.4) is 0 Å². The zero-order valence-corrected chi connectivity index (χ0v) is 10.9. The highest BCUT2D eigenvalue weighted by Gasteiger charge is 2.27. The van der Waals surface area contributed by atoms with Crippen LogP contribution in [0, 0.1) is 0 Å². The fourth-order valence-electron chi connectivity index (χ4n) is 2.00. The number of carbonyl (C=O) groups excluding carboxylic acids is 1. The molecule has 0 radical (unpaired) electrons. The molecule has 2 heterocycles. The first-order valence-electron chi connectivity index (χ1n) is 6.44. The van der Waals surface area contributed by atoms with E-state index in [0.717, 1.165) is 12.2 Å². The highest BCUT2D eigenvalue weighted by molar-refractivity contribution is 5.74. The minimum absolute atomic E-state index is 0.00579. The molecule has 1 aromatic heterocycles. The van der Waals surface area contributed by atoms with Gasteiger partial charge in [0.05, 0.1) is 18.7 Å². The van der Waals surface area contributed by atoms with Crippen LogP contribution in [-0.4, -0.2) is 47.8 Å². The molecule has 2 amide bonds. The molecule has 1 saturated heterocycles. The minimum Gasteiger partial charge on any atom is -0.379 e. The monoisotopic (exact) mass is 265 g/mol. The largest absolute Gasteiger partial charge is 0.379 e. The highest BCUT2D eigenvalue weighted by Crippen LogP contribution is 2.12. The zero-order valence-electron chi connectivity index (χ0n) is 10.9. The molecule has 1 fully saturated rings. The van der Waals surface area contributed by atoms with Crippen LogP contribution in [0.5, 0.6) is 0 Å². The molecule has 2 rings (SSSR count). The van der Waals surface area contributed by atoms with Crippen molar-refractivity contribution in [2.75, 3.05) is 25.1 Å². The van der Waals surface area contributed by atoms with E-state index in [4.69, 9.17) is 4.74 Å². The highest BCUT2D eigenvalue weighted by atomic mass is 16.5. The first kappa shape index (κ1) is 13.5. The average Bonchev–Trinajstić information content (AvgIpc) is 2.42. The van der Waals surface area contributed by atoms with E-state index in [2.05, 4.69) is 25.9 Å². The van der Waals surface area contributed by atoms with E-state index >= 15 is 0 Å². The van der Waals surface area contributed by atoms with Crippen molar-refractivity contribution in [2.45, 2.75) is 25.4 Å². The summed E-state index contributed by atoms with van der Waals surface area (Å²) in [6.45, 7) is 3.69. The maximum absolute atomic E-state index is 11.6. The lowest BCUT2D eigenvalue weighted by molar-refractivity contribution is 0.0700. The Labute approximate surface area is 112 Å². The van der Waals surface area contributed by atoms with Crippen molar-refractivity contribution in [3.63, 3.8) is 0 Å². The second-order valence-electron chi connectivity index (χ2n) is 4.32. The molecule has 7 nitrogen and oxygen atoms in total. The Hall–Kier alpha value is -1.89. The summed E-state index contributed by atoms with van der Waals surface area (Å²) in [4.78, 5) is 19.6. The first-order chi connectivity index (χ1) is 9.29. The number of amides is 2. The fraction of sp³-hybridized carbons (Fsp3) is 0.583. The molecular formula is C12H19N5O2. The van der Waals surface area contributed by atoms with Crippen LogP contribution in [0.1, 0.15) is 13.3 Å². The summed E-state index contributed by atoms with van der Waals surface area (Å²) in [5, 5.41) is 8.95. The predicted molar refractivity (Wildman–Crippen MR) is 70.9 cm³/mol. The summed E-state index contributed by atoms with van der Waals surface area (Å²) < 4.78 is 5.45. The number of nitrogens with zero attached hydrogens (tertiary/aromatic N) is 2. The number of aromatic nitrogens is 2. The van der Waals surface area contributed by atoms with Crippen molar-refractivity contribution in [3.05, 3.63) is 18.6 Å². The maximum atomic E-state index is 11.6. The van der Waals surface area contributed by atoms with Crippen LogP contribution >= 0.6 is 0 Å². The van der Waals surface area contributed by atoms with Gasteiger partial charge in [0, 0.05) is 19.3 Å². The van der Waals surface area contributed by atoms with Crippen LogP contribution in [0.2, 0.25) is 0 Å². The van der Waals surface area contributed by atoms with E-state index in [1.807, 2.05) is 6.92 Å². The third kappa shape index (κ3) is 4.06. The first-order valence-corrected chi connectivity index (χ1v) is 6.44. The lowest BCUT2D eigenvalue weighted by Gasteiger charge is -2.32. The number of hydrogen-bond donors (Lipinski definition) is 3. The van der Waals surface area contributed by atoms with Gasteiger partial charge in [-0.25, -0.2) is 14.8 Å². The fourth-order valence-corrected chi connectivity index (χ4v) is 2.00. The summed E-state index contributed by atoms with van der Waals surface area (Å²) >= 11 is 0. The van der Waals surface area contributed by atoms with Gasteiger partial charge in [0.1, 0.15) is 12.1 Å². The van der Waals surface area contributed by atoms with Crippen LogP contribution in [0.25, 0.3) is 0 Å². The van der Waals surface area contributed by atoms with Crippen molar-refractivity contribution in [1.82, 2.24) is 20.6 Å². The lowest BCUT2D eigenvalue weighted by atomic mass is 10.0. The Kier molecular flexibility index (Phi) is 4.91. The molecule has 19 heavy (non-hydrogen) atoms. The second kappa shape index (κ2) is 6.89. The molecule has 0 unspecified atom stereocenters. The standard InChI is InChI=1S/C12H19N5O2/c1-2-14-12(18)17-9-4-6-19-7-10(9)16-11-3-5-13-8-15-11/h3,5,8-10H,2,4,6-7H2,1H3,(H,13,15,16)(H2,14,17,18)/t9-,10+/m1/s1. The molecule has 2 atom stereocenters. The van der Waals surface area contributed by atoms with E-state index in [-0.39, 0.29) is 18.1 Å². The van der Waals surface area contributed by atoms with Gasteiger partial charge in [0.15, 0.2) is 0 Å². The number of anilines is 1. The van der Waals surface area contributed by atoms with Crippen LogP contribution < -0.4 is 16.0 Å². The van der Waals surface area contributed by atoms with Crippen molar-refractivity contribution < 1.29 is 9.53 Å². The lowest BCUT2D eigenvalue weighted by Crippen LogP contribution is -2.54. The molecule has 0 spiro atoms. The van der Waals surface area contributed by atoms with Gasteiger partial charge in [-0.15, -0.1) is 0 Å². The molecule has 0 aromatic carbocycles. The van der Waals surface area contributed by atoms with E-state index < -0.39 is 0 Å². The third-order valence-corrected chi connectivity index (χ3v) is 2.93. The molecule has 0 aliphatic carbocycles. The van der Waals surface area contributed by atoms with Gasteiger partial charge < -0.3 is 20.7 Å². The molecule has 1 aromatic rings. The van der Waals surface area contributed by atoms with Crippen LogP contribution in [0.15, 0.2) is 18.6 Å². The van der Waals surface area contributed by atoms with Gasteiger partial charge in [-0.2, -0.15) is 0 Å². The normalized spacial score (nSPS) is 22.6. The Morgan fingerprint density at radius 2 is 2.42 bits per heavy atom. The Balaban J connectivity index is 1.94. The second-order valence-corrected chi connectivity index (χ2v) is 4.32. The summed E-state index contributed by atoms with van der Waals surface area (Å²) in [5.41, 5.74) is 0. The molecule has 7 heteroatoms. The van der Waals surface area contributed by atoms with Crippen LogP contribution in [0.4, 0.5) is 10.6 Å². The van der Waals surface area contributed by atoms with E-state index in [9.17, 15) is 4.79 Å². The van der Waals surface area contributed by atoms with Crippen molar-refractivity contribution >= 4 is 11.8 Å². The van der Waals surface area contributed by atoms with Gasteiger partial charge in [-0.1, -0.05) is 0 Å². The van der Waals surface area contributed by atoms with Gasteiger partial charge in [0.25, 0.3) is 0 Å². The molecule has 3 N–H and O–H groups in total. The van der Waals surface area contributed by atoms with Crippen molar-refractivity contribution in [2.24, 2.45) is 0 Å². The predicted octanol–water partition coefficient (Wildman–Crippen LogP) is 0.365. The SMILES string of the molecule is CCNC(=O)N[C@@H]1CCOC[C@@H]1Nc1ccncn1. The molecule has 104 valence electrons. The van der Waals surface area contributed by atoms with E-state index in [1.54, 1.807) is 12.3 Å². The van der Waals surface area contributed by atoms with Crippen molar-refractivity contribution in [3.8, 4) is 0 Å². The summed E-state index contributed by atoms with van der Waals surface area (Å²) in [6.07, 6.45) is 3.93. The van der Waals surface area contributed by atoms with Crippen molar-refractivity contribution in [1.29, 1.82) is 0 Å². The topological polar surface area (TPSA) is 88.2 Å². The molecular weight excluding hydrogens is 246 g/mol. The number of urea groups is 1. The Morgan fingerprint density at radius 3 is 3.16 bits per heavy atom.